The first-order valence-corrected chi connectivity index (χ1v) is 8.30. The van der Waals surface area contributed by atoms with Crippen molar-refractivity contribution in [3.05, 3.63) is 22.7 Å². The third kappa shape index (κ3) is 2.87. The van der Waals surface area contributed by atoms with Crippen molar-refractivity contribution >= 4 is 31.6 Å². The van der Waals surface area contributed by atoms with Crippen molar-refractivity contribution in [3.63, 3.8) is 0 Å². The molecule has 18 heavy (non-hydrogen) atoms. The molecule has 0 aliphatic carbocycles. The summed E-state index contributed by atoms with van der Waals surface area (Å²) in [4.78, 5) is 0.283. The molecule has 0 unspecified atom stereocenters. The van der Waals surface area contributed by atoms with Crippen LogP contribution in [0, 0.1) is 0 Å². The highest BCUT2D eigenvalue weighted by Crippen LogP contribution is 2.26. The van der Waals surface area contributed by atoms with Crippen molar-refractivity contribution in [3.8, 4) is 0 Å². The Balaban J connectivity index is 2.31. The molecule has 4 nitrogen and oxygen atoms in total. The number of halogens is 1. The molecule has 2 N–H and O–H groups in total. The van der Waals surface area contributed by atoms with E-state index in [-0.39, 0.29) is 4.90 Å². The van der Waals surface area contributed by atoms with E-state index in [2.05, 4.69) is 15.9 Å². The van der Waals surface area contributed by atoms with Gasteiger partial charge in [0, 0.05) is 23.2 Å². The normalized spacial score (nSPS) is 18.5. The van der Waals surface area contributed by atoms with E-state index in [1.54, 1.807) is 16.4 Å². The second kappa shape index (κ2) is 5.59. The Bertz CT molecular complexity index is 523. The molecular formula is C12H17BrN2O2S. The monoisotopic (exact) mass is 332 g/mol. The molecule has 0 radical (unpaired) electrons. The molecule has 0 saturated carbocycles. The average molecular weight is 333 g/mol. The average Bonchev–Trinajstić information content (AvgIpc) is 2.61. The molecule has 1 saturated heterocycles. The van der Waals surface area contributed by atoms with Gasteiger partial charge in [-0.05, 0) is 47.0 Å². The van der Waals surface area contributed by atoms with Crippen LogP contribution >= 0.6 is 15.9 Å². The van der Waals surface area contributed by atoms with E-state index in [4.69, 9.17) is 5.73 Å². The highest BCUT2D eigenvalue weighted by molar-refractivity contribution is 9.10. The van der Waals surface area contributed by atoms with Crippen LogP contribution in [-0.2, 0) is 10.0 Å². The number of hydrogen-bond donors (Lipinski definition) is 1. The Morgan fingerprint density at radius 2 is 1.72 bits per heavy atom. The molecule has 1 aromatic carbocycles. The van der Waals surface area contributed by atoms with Gasteiger partial charge in [-0.25, -0.2) is 8.42 Å². The fourth-order valence-electron chi connectivity index (χ4n) is 2.11. The van der Waals surface area contributed by atoms with Gasteiger partial charge in [0.25, 0.3) is 0 Å². The summed E-state index contributed by atoms with van der Waals surface area (Å²) in [6, 6.07) is 4.80. The van der Waals surface area contributed by atoms with E-state index < -0.39 is 10.0 Å². The summed E-state index contributed by atoms with van der Waals surface area (Å²) >= 11 is 3.27. The van der Waals surface area contributed by atoms with E-state index in [1.807, 2.05) is 0 Å². The van der Waals surface area contributed by atoms with Crippen molar-refractivity contribution in [1.29, 1.82) is 0 Å². The maximum atomic E-state index is 12.5. The lowest BCUT2D eigenvalue weighted by molar-refractivity contribution is 0.424. The van der Waals surface area contributed by atoms with Gasteiger partial charge in [0.15, 0.2) is 0 Å². The Kier molecular flexibility index (Phi) is 4.29. The maximum Gasteiger partial charge on any atom is 0.243 e. The fourth-order valence-corrected chi connectivity index (χ4v) is 3.91. The van der Waals surface area contributed by atoms with Gasteiger partial charge in [-0.15, -0.1) is 0 Å². The van der Waals surface area contributed by atoms with Gasteiger partial charge < -0.3 is 5.73 Å². The summed E-state index contributed by atoms with van der Waals surface area (Å²) in [7, 11) is -3.39. The predicted octanol–water partition coefficient (Wildman–Crippen LogP) is 2.60. The van der Waals surface area contributed by atoms with Crippen molar-refractivity contribution in [2.75, 3.05) is 18.8 Å². The molecule has 1 aliphatic rings. The Morgan fingerprint density at radius 1 is 1.11 bits per heavy atom. The lowest BCUT2D eigenvalue weighted by atomic mass is 10.2. The zero-order valence-electron chi connectivity index (χ0n) is 10.1. The van der Waals surface area contributed by atoms with Crippen molar-refractivity contribution in [2.45, 2.75) is 30.6 Å². The largest absolute Gasteiger partial charge is 0.398 e. The van der Waals surface area contributed by atoms with Crippen LogP contribution in [0.3, 0.4) is 0 Å². The minimum Gasteiger partial charge on any atom is -0.398 e. The molecule has 0 amide bonds. The molecular weight excluding hydrogens is 316 g/mol. The summed E-state index contributed by atoms with van der Waals surface area (Å²) in [5, 5.41) is 0. The lowest BCUT2D eigenvalue weighted by Gasteiger charge is -2.20. The standard InChI is InChI=1S/C12H17BrN2O2S/c13-11-6-5-10(9-12(11)14)18(16,17)15-7-3-1-2-4-8-15/h5-6,9H,1-4,7-8,14H2. The van der Waals surface area contributed by atoms with Crippen molar-refractivity contribution in [2.24, 2.45) is 0 Å². The van der Waals surface area contributed by atoms with Crippen LogP contribution in [0.4, 0.5) is 5.69 Å². The smallest absolute Gasteiger partial charge is 0.243 e. The first-order chi connectivity index (χ1) is 8.51. The second-order valence-corrected chi connectivity index (χ2v) is 7.29. The minimum absolute atomic E-state index is 0.283. The lowest BCUT2D eigenvalue weighted by Crippen LogP contribution is -2.31. The first-order valence-electron chi connectivity index (χ1n) is 6.07. The zero-order valence-corrected chi connectivity index (χ0v) is 12.5. The number of anilines is 1. The first kappa shape index (κ1) is 13.8. The highest BCUT2D eigenvalue weighted by Gasteiger charge is 2.25. The quantitative estimate of drug-likeness (QED) is 0.846. The zero-order chi connectivity index (χ0) is 13.2. The molecule has 1 aliphatic heterocycles. The molecule has 0 aromatic heterocycles. The van der Waals surface area contributed by atoms with Gasteiger partial charge in [0.2, 0.25) is 10.0 Å². The Morgan fingerprint density at radius 3 is 2.28 bits per heavy atom. The molecule has 100 valence electrons. The number of benzene rings is 1. The third-order valence-electron chi connectivity index (χ3n) is 3.17. The Labute approximate surface area is 116 Å². The number of rotatable bonds is 2. The fraction of sp³-hybridized carbons (Fsp3) is 0.500. The summed E-state index contributed by atoms with van der Waals surface area (Å²) in [5.74, 6) is 0. The van der Waals surface area contributed by atoms with Crippen LogP contribution in [0.2, 0.25) is 0 Å². The van der Waals surface area contributed by atoms with E-state index in [0.717, 1.165) is 30.2 Å². The summed E-state index contributed by atoms with van der Waals surface area (Å²) in [6.45, 7) is 1.22. The number of sulfonamides is 1. The van der Waals surface area contributed by atoms with E-state index in [9.17, 15) is 8.42 Å². The van der Waals surface area contributed by atoms with E-state index in [0.29, 0.717) is 18.8 Å². The van der Waals surface area contributed by atoms with Crippen LogP contribution in [-0.4, -0.2) is 25.8 Å². The van der Waals surface area contributed by atoms with Gasteiger partial charge in [-0.2, -0.15) is 4.31 Å². The van der Waals surface area contributed by atoms with E-state index >= 15 is 0 Å². The van der Waals surface area contributed by atoms with Crippen LogP contribution in [0.5, 0.6) is 0 Å². The molecule has 1 fully saturated rings. The topological polar surface area (TPSA) is 63.4 Å². The number of nitrogens with two attached hydrogens (primary N) is 1. The predicted molar refractivity (Wildman–Crippen MR) is 75.8 cm³/mol. The van der Waals surface area contributed by atoms with Gasteiger partial charge in [-0.3, -0.25) is 0 Å². The minimum atomic E-state index is -3.39. The molecule has 1 aromatic rings. The third-order valence-corrected chi connectivity index (χ3v) is 5.79. The number of nitrogens with zero attached hydrogens (tertiary/aromatic N) is 1. The van der Waals surface area contributed by atoms with Crippen molar-refractivity contribution in [1.82, 2.24) is 4.31 Å². The number of nitrogen functional groups attached to an aromatic ring is 1. The summed E-state index contributed by atoms with van der Waals surface area (Å²) < 4.78 is 27.2. The number of hydrogen-bond acceptors (Lipinski definition) is 3. The molecule has 6 heteroatoms. The Hall–Kier alpha value is -0.590. The highest BCUT2D eigenvalue weighted by atomic mass is 79.9. The SMILES string of the molecule is Nc1cc(S(=O)(=O)N2CCCCCC2)ccc1Br. The second-order valence-electron chi connectivity index (χ2n) is 4.50. The molecule has 0 bridgehead atoms. The van der Waals surface area contributed by atoms with Crippen LogP contribution in [0.1, 0.15) is 25.7 Å². The molecule has 1 heterocycles. The summed E-state index contributed by atoms with van der Waals surface area (Å²) in [6.07, 6.45) is 4.08. The molecule has 0 spiro atoms. The van der Waals surface area contributed by atoms with E-state index in [1.165, 1.54) is 6.07 Å². The van der Waals surface area contributed by atoms with Crippen LogP contribution < -0.4 is 5.73 Å². The molecule has 0 atom stereocenters. The maximum absolute atomic E-state index is 12.5. The van der Waals surface area contributed by atoms with Gasteiger partial charge >= 0.3 is 0 Å². The summed E-state index contributed by atoms with van der Waals surface area (Å²) in [5.41, 5.74) is 6.20. The van der Waals surface area contributed by atoms with Crippen LogP contribution in [0.15, 0.2) is 27.6 Å². The van der Waals surface area contributed by atoms with Crippen LogP contribution in [0.25, 0.3) is 0 Å². The van der Waals surface area contributed by atoms with Crippen molar-refractivity contribution < 1.29 is 8.42 Å². The van der Waals surface area contributed by atoms with Gasteiger partial charge in [0.05, 0.1) is 4.90 Å². The molecule has 2 rings (SSSR count). The van der Waals surface area contributed by atoms with Gasteiger partial charge in [0.1, 0.15) is 0 Å². The van der Waals surface area contributed by atoms with Gasteiger partial charge in [-0.1, -0.05) is 12.8 Å².